The molecule has 0 amide bonds. The van der Waals surface area contributed by atoms with E-state index >= 15 is 0 Å². The molecule has 7 rings (SSSR count). The molecule has 4 aromatic rings. The predicted octanol–water partition coefficient (Wildman–Crippen LogP) is -1.86. The Labute approximate surface area is 233 Å². The van der Waals surface area contributed by atoms with Gasteiger partial charge in [-0.05, 0) is 6.42 Å². The fourth-order valence-electron chi connectivity index (χ4n) is 5.38. The molecular weight excluding hydrogens is 583 g/mol. The lowest BCUT2D eigenvalue weighted by molar-refractivity contribution is -0.184. The molecule has 4 aromatic heterocycles. The number of aliphatic hydroxyl groups is 2. The number of aliphatic hydroxyl groups excluding tert-OH is 2. The molecule has 8 N–H and O–H groups in total. The topological polar surface area (TPSA) is 283 Å². The highest BCUT2D eigenvalue weighted by molar-refractivity contribution is 7.52. The lowest BCUT2D eigenvalue weighted by atomic mass is 9.99. The Morgan fingerprint density at radius 1 is 0.952 bits per heavy atom. The standard InChI is InChI=1S/C21H25N10O10P/c22-13-8-14(25-3-24-13)30(4-26-8)17-10(32)7-1-2-37-20-11(33)12(41-42(35,36)6-38-19(7)39-17)18(40-20)31-5-27-9-15(31)28-21(23)29-16(9)34/h3-5,7,10-12,17-20,32-33H,1-2,6H2,(H,35,36)(H2,22,24,25)(H3,23,28,29,34). The number of imidazole rings is 2. The van der Waals surface area contributed by atoms with E-state index in [1.165, 1.54) is 28.1 Å². The van der Waals surface area contributed by atoms with E-state index in [2.05, 4.69) is 29.9 Å². The minimum Gasteiger partial charge on any atom is -0.388 e. The first-order chi connectivity index (χ1) is 20.1. The number of hydrogen-bond donors (Lipinski definition) is 6. The van der Waals surface area contributed by atoms with Crippen LogP contribution in [-0.2, 0) is 28.0 Å². The van der Waals surface area contributed by atoms with E-state index in [9.17, 15) is 24.5 Å². The molecule has 0 aliphatic carbocycles. The number of aromatic nitrogens is 8. The number of ether oxygens (including phenoxy) is 4. The van der Waals surface area contributed by atoms with Crippen molar-refractivity contribution in [3.63, 3.8) is 0 Å². The van der Waals surface area contributed by atoms with Crippen molar-refractivity contribution in [3.8, 4) is 0 Å². The molecule has 3 saturated heterocycles. The SMILES string of the molecule is Nc1nc2c(ncn2C2OC3OCCC4C(OCP(=O)(O)OC2C3O)OC(n2cnc3c(N)ncnc32)C4O)c(=O)[nH]1. The number of anilines is 2. The summed E-state index contributed by atoms with van der Waals surface area (Å²) in [7, 11) is -4.62. The molecule has 0 spiro atoms. The number of nitrogens with two attached hydrogens (primary N) is 2. The number of hydrogen-bond acceptors (Lipinski definition) is 16. The number of rotatable bonds is 2. The van der Waals surface area contributed by atoms with Crippen LogP contribution in [0.2, 0.25) is 0 Å². The zero-order valence-corrected chi connectivity index (χ0v) is 22.3. The Balaban J connectivity index is 1.17. The normalized spacial score (nSPS) is 35.7. The van der Waals surface area contributed by atoms with E-state index in [0.29, 0.717) is 11.2 Å². The van der Waals surface area contributed by atoms with Gasteiger partial charge in [0.1, 0.15) is 30.2 Å². The van der Waals surface area contributed by atoms with Crippen LogP contribution in [0.1, 0.15) is 18.9 Å². The van der Waals surface area contributed by atoms with Gasteiger partial charge in [-0.1, -0.05) is 0 Å². The molecule has 2 bridgehead atoms. The van der Waals surface area contributed by atoms with Gasteiger partial charge in [-0.2, -0.15) is 4.98 Å². The van der Waals surface area contributed by atoms with Gasteiger partial charge >= 0.3 is 7.60 Å². The Hall–Kier alpha value is -3.59. The van der Waals surface area contributed by atoms with Gasteiger partial charge in [-0.15, -0.1) is 0 Å². The van der Waals surface area contributed by atoms with Gasteiger partial charge in [0.2, 0.25) is 5.95 Å². The van der Waals surface area contributed by atoms with Crippen LogP contribution in [0.15, 0.2) is 23.8 Å². The Morgan fingerprint density at radius 2 is 1.69 bits per heavy atom. The lowest BCUT2D eigenvalue weighted by Gasteiger charge is -2.26. The van der Waals surface area contributed by atoms with Crippen LogP contribution in [0.25, 0.3) is 22.3 Å². The third-order valence-corrected chi connectivity index (χ3v) is 8.38. The Kier molecular flexibility index (Phi) is 6.49. The molecule has 9 unspecified atom stereocenters. The van der Waals surface area contributed by atoms with E-state index in [0.717, 1.165) is 0 Å². The molecular formula is C21H25N10O10P. The zero-order valence-electron chi connectivity index (χ0n) is 21.4. The van der Waals surface area contributed by atoms with E-state index in [1.54, 1.807) is 0 Å². The molecule has 21 heteroatoms. The lowest BCUT2D eigenvalue weighted by Crippen LogP contribution is -2.37. The van der Waals surface area contributed by atoms with Gasteiger partial charge in [0.05, 0.1) is 19.3 Å². The summed E-state index contributed by atoms with van der Waals surface area (Å²) in [6.07, 6.45) is -5.95. The summed E-state index contributed by atoms with van der Waals surface area (Å²) in [6, 6.07) is 0. The van der Waals surface area contributed by atoms with E-state index in [-0.39, 0.29) is 36.0 Å². The first-order valence-corrected chi connectivity index (χ1v) is 14.4. The molecule has 224 valence electrons. The molecule has 3 fully saturated rings. The highest BCUT2D eigenvalue weighted by Gasteiger charge is 2.52. The largest absolute Gasteiger partial charge is 0.388 e. The maximum absolute atomic E-state index is 13.2. The third kappa shape index (κ3) is 4.44. The average molecular weight is 608 g/mol. The van der Waals surface area contributed by atoms with Gasteiger partial charge in [0, 0.05) is 5.92 Å². The maximum Gasteiger partial charge on any atom is 0.354 e. The van der Waals surface area contributed by atoms with E-state index < -0.39 is 68.8 Å². The molecule has 3 aliphatic rings. The second-order valence-electron chi connectivity index (χ2n) is 9.96. The first-order valence-electron chi connectivity index (χ1n) is 12.7. The van der Waals surface area contributed by atoms with Crippen LogP contribution in [0.5, 0.6) is 0 Å². The van der Waals surface area contributed by atoms with Crippen LogP contribution in [0, 0.1) is 5.92 Å². The molecule has 20 nitrogen and oxygen atoms in total. The fourth-order valence-corrected chi connectivity index (χ4v) is 6.39. The summed E-state index contributed by atoms with van der Waals surface area (Å²) in [5, 5.41) is 22.2. The fraction of sp³-hybridized carbons (Fsp3) is 0.524. The maximum atomic E-state index is 13.2. The minimum absolute atomic E-state index is 0.00723. The van der Waals surface area contributed by atoms with Crippen molar-refractivity contribution in [2.75, 3.05) is 24.4 Å². The smallest absolute Gasteiger partial charge is 0.354 e. The molecule has 7 heterocycles. The number of nitrogens with one attached hydrogen (secondary N) is 1. The van der Waals surface area contributed by atoms with Crippen molar-refractivity contribution in [2.24, 2.45) is 5.92 Å². The number of aromatic amines is 1. The Bertz CT molecular complexity index is 1760. The molecule has 0 aromatic carbocycles. The molecule has 9 atom stereocenters. The van der Waals surface area contributed by atoms with Gasteiger partial charge in [-0.3, -0.25) is 28.0 Å². The molecule has 0 saturated carbocycles. The van der Waals surface area contributed by atoms with Crippen molar-refractivity contribution >= 4 is 41.7 Å². The Morgan fingerprint density at radius 3 is 2.50 bits per heavy atom. The predicted molar refractivity (Wildman–Crippen MR) is 137 cm³/mol. The highest BCUT2D eigenvalue weighted by Crippen LogP contribution is 2.50. The summed E-state index contributed by atoms with van der Waals surface area (Å²) < 4.78 is 44.7. The summed E-state index contributed by atoms with van der Waals surface area (Å²) >= 11 is 0. The van der Waals surface area contributed by atoms with Crippen molar-refractivity contribution in [3.05, 3.63) is 29.3 Å². The van der Waals surface area contributed by atoms with Crippen molar-refractivity contribution < 1.29 is 43.1 Å². The van der Waals surface area contributed by atoms with Crippen LogP contribution in [0.3, 0.4) is 0 Å². The van der Waals surface area contributed by atoms with Gasteiger partial charge < -0.3 is 45.5 Å². The summed E-state index contributed by atoms with van der Waals surface area (Å²) in [4.78, 5) is 45.7. The second kappa shape index (κ2) is 10.0. The van der Waals surface area contributed by atoms with Crippen LogP contribution >= 0.6 is 7.60 Å². The average Bonchev–Trinajstić information content (AvgIpc) is 3.69. The first kappa shape index (κ1) is 27.3. The number of nitrogen functional groups attached to an aromatic ring is 2. The number of H-pyrrole nitrogens is 1. The molecule has 0 radical (unpaired) electrons. The van der Waals surface area contributed by atoms with Crippen molar-refractivity contribution in [1.29, 1.82) is 0 Å². The van der Waals surface area contributed by atoms with Gasteiger partial charge in [0.15, 0.2) is 54.0 Å². The van der Waals surface area contributed by atoms with Gasteiger partial charge in [0.25, 0.3) is 5.56 Å². The summed E-state index contributed by atoms with van der Waals surface area (Å²) in [5.41, 5.74) is 11.5. The highest BCUT2D eigenvalue weighted by atomic mass is 31.2. The molecule has 42 heavy (non-hydrogen) atoms. The molecule has 3 aliphatic heterocycles. The summed E-state index contributed by atoms with van der Waals surface area (Å²) in [6.45, 7) is -0.0506. The monoisotopic (exact) mass is 608 g/mol. The second-order valence-corrected chi connectivity index (χ2v) is 11.7. The van der Waals surface area contributed by atoms with Gasteiger partial charge in [-0.25, -0.2) is 19.9 Å². The van der Waals surface area contributed by atoms with Crippen molar-refractivity contribution in [1.82, 2.24) is 39.0 Å². The van der Waals surface area contributed by atoms with E-state index in [4.69, 9.17) is 34.9 Å². The van der Waals surface area contributed by atoms with Crippen molar-refractivity contribution in [2.45, 2.75) is 49.8 Å². The van der Waals surface area contributed by atoms with Crippen LogP contribution in [-0.4, -0.2) is 98.0 Å². The third-order valence-electron chi connectivity index (χ3n) is 7.33. The quantitative estimate of drug-likeness (QED) is 0.136. The number of fused-ring (bicyclic) bond motifs is 5. The van der Waals surface area contributed by atoms with Crippen LogP contribution < -0.4 is 17.0 Å². The number of nitrogens with zero attached hydrogens (tertiary/aromatic N) is 7. The summed E-state index contributed by atoms with van der Waals surface area (Å²) in [5.74, 6) is -0.816. The zero-order chi connectivity index (χ0) is 29.3. The van der Waals surface area contributed by atoms with E-state index in [1.807, 2.05) is 0 Å². The van der Waals surface area contributed by atoms with Crippen LogP contribution in [0.4, 0.5) is 11.8 Å². The minimum atomic E-state index is -4.62.